The smallest absolute Gasteiger partial charge is 0.336 e. The third kappa shape index (κ3) is 0.961. The highest BCUT2D eigenvalue weighted by molar-refractivity contribution is 6.10. The number of β-lactam (4-membered cyclic amide) rings is 1. The Morgan fingerprint density at radius 1 is 1.46 bits per heavy atom. The van der Waals surface area contributed by atoms with E-state index in [4.69, 9.17) is 0 Å². The van der Waals surface area contributed by atoms with Gasteiger partial charge in [0.2, 0.25) is 5.91 Å². The summed E-state index contributed by atoms with van der Waals surface area (Å²) in [4.78, 5) is 34.8. The van der Waals surface area contributed by atoms with Crippen LogP contribution in [0.15, 0.2) is 0 Å². The van der Waals surface area contributed by atoms with Gasteiger partial charge in [-0.25, -0.2) is 4.79 Å². The number of nitrogens with zero attached hydrogens (tertiary/aromatic N) is 1. The van der Waals surface area contributed by atoms with Crippen molar-refractivity contribution in [3.8, 4) is 0 Å². The van der Waals surface area contributed by atoms with Gasteiger partial charge in [-0.1, -0.05) is 0 Å². The maximum absolute atomic E-state index is 11.3. The molecule has 2 saturated heterocycles. The zero-order valence-corrected chi connectivity index (χ0v) is 7.15. The highest BCUT2D eigenvalue weighted by Crippen LogP contribution is 2.33. The van der Waals surface area contributed by atoms with Gasteiger partial charge in [0.25, 0.3) is 0 Å². The number of carbonyl (C=O) groups is 3. The molecule has 70 valence electrons. The van der Waals surface area contributed by atoms with Crippen molar-refractivity contribution in [2.75, 3.05) is 7.11 Å². The van der Waals surface area contributed by atoms with Gasteiger partial charge in [-0.3, -0.25) is 9.59 Å². The van der Waals surface area contributed by atoms with Crippen molar-refractivity contribution in [1.82, 2.24) is 4.90 Å². The molecule has 1 amide bonds. The maximum Gasteiger partial charge on any atom is 0.336 e. The summed E-state index contributed by atoms with van der Waals surface area (Å²) in [6.45, 7) is 0. The molecule has 1 unspecified atom stereocenters. The lowest BCUT2D eigenvalue weighted by Gasteiger charge is -2.36. The predicted molar refractivity (Wildman–Crippen MR) is 40.7 cm³/mol. The van der Waals surface area contributed by atoms with E-state index in [-0.39, 0.29) is 17.7 Å². The van der Waals surface area contributed by atoms with E-state index in [2.05, 4.69) is 4.74 Å². The number of amides is 1. The summed E-state index contributed by atoms with van der Waals surface area (Å²) < 4.78 is 4.45. The van der Waals surface area contributed by atoms with Crippen molar-refractivity contribution in [3.05, 3.63) is 0 Å². The van der Waals surface area contributed by atoms with Crippen LogP contribution in [0.3, 0.4) is 0 Å². The number of fused-ring (bicyclic) bond motifs is 1. The van der Waals surface area contributed by atoms with E-state index in [9.17, 15) is 14.4 Å². The number of esters is 1. The zero-order valence-electron chi connectivity index (χ0n) is 7.15. The van der Waals surface area contributed by atoms with E-state index in [0.717, 1.165) is 0 Å². The molecule has 2 atom stereocenters. The summed E-state index contributed by atoms with van der Waals surface area (Å²) in [5.41, 5.74) is 0. The molecule has 0 N–H and O–H groups in total. The predicted octanol–water partition coefficient (Wildman–Crippen LogP) is -0.898. The average Bonchev–Trinajstić information content (AvgIpc) is 2.36. The number of rotatable bonds is 1. The van der Waals surface area contributed by atoms with Crippen LogP contribution >= 0.6 is 0 Å². The van der Waals surface area contributed by atoms with Crippen LogP contribution in [0.2, 0.25) is 0 Å². The first-order valence-corrected chi connectivity index (χ1v) is 4.07. The van der Waals surface area contributed by atoms with Crippen LogP contribution in [-0.4, -0.2) is 41.8 Å². The van der Waals surface area contributed by atoms with Crippen molar-refractivity contribution < 1.29 is 19.1 Å². The minimum atomic E-state index is -0.962. The Morgan fingerprint density at radius 2 is 2.15 bits per heavy atom. The standard InChI is InChI=1S/C8H9NO4/c1-13-8(12)7-5(10)2-4-3-6(11)9(4)7/h4,7H,2-3H2,1H3/t4?,7-/m1/s1. The average molecular weight is 183 g/mol. The van der Waals surface area contributed by atoms with Gasteiger partial charge in [-0.05, 0) is 0 Å². The molecule has 2 aliphatic rings. The Bertz CT molecular complexity index is 291. The van der Waals surface area contributed by atoms with Crippen LogP contribution < -0.4 is 0 Å². The number of methoxy groups -OCH3 is 1. The topological polar surface area (TPSA) is 63.7 Å². The Balaban J connectivity index is 2.21. The molecular formula is C8H9NO4. The van der Waals surface area contributed by atoms with Gasteiger partial charge in [0.15, 0.2) is 11.8 Å². The molecule has 2 aliphatic heterocycles. The molecule has 2 heterocycles. The SMILES string of the molecule is COC(=O)[C@H]1C(=O)CC2CC(=O)N21. The van der Waals surface area contributed by atoms with Crippen LogP contribution in [0.4, 0.5) is 0 Å². The second kappa shape index (κ2) is 2.55. The highest BCUT2D eigenvalue weighted by Gasteiger charge is 2.53. The van der Waals surface area contributed by atoms with Crippen LogP contribution in [0, 0.1) is 0 Å². The summed E-state index contributed by atoms with van der Waals surface area (Å²) >= 11 is 0. The molecule has 0 aliphatic carbocycles. The monoisotopic (exact) mass is 183 g/mol. The van der Waals surface area contributed by atoms with E-state index >= 15 is 0 Å². The molecule has 2 fully saturated rings. The fraction of sp³-hybridized carbons (Fsp3) is 0.625. The molecule has 0 radical (unpaired) electrons. The lowest BCUT2D eigenvalue weighted by Crippen LogP contribution is -2.55. The number of hydrogen-bond donors (Lipinski definition) is 0. The molecule has 13 heavy (non-hydrogen) atoms. The summed E-state index contributed by atoms with van der Waals surface area (Å²) in [6.07, 6.45) is 0.685. The normalized spacial score (nSPS) is 31.3. The van der Waals surface area contributed by atoms with Crippen LogP contribution in [-0.2, 0) is 19.1 Å². The molecule has 0 aromatic carbocycles. The molecule has 0 saturated carbocycles. The number of hydrogen-bond acceptors (Lipinski definition) is 4. The van der Waals surface area contributed by atoms with Gasteiger partial charge in [0.1, 0.15) is 0 Å². The number of ether oxygens (including phenoxy) is 1. The van der Waals surface area contributed by atoms with Crippen LogP contribution in [0.25, 0.3) is 0 Å². The first-order chi connectivity index (χ1) is 6.15. The minimum absolute atomic E-state index is 0.0518. The fourth-order valence-electron chi connectivity index (χ4n) is 1.88. The van der Waals surface area contributed by atoms with Crippen LogP contribution in [0.5, 0.6) is 0 Å². The van der Waals surface area contributed by atoms with Crippen molar-refractivity contribution in [2.24, 2.45) is 0 Å². The molecule has 2 rings (SSSR count). The molecule has 5 heteroatoms. The van der Waals surface area contributed by atoms with E-state index < -0.39 is 12.0 Å². The van der Waals surface area contributed by atoms with E-state index in [1.807, 2.05) is 0 Å². The first-order valence-electron chi connectivity index (χ1n) is 4.07. The lowest BCUT2D eigenvalue weighted by molar-refractivity contribution is -0.160. The van der Waals surface area contributed by atoms with Gasteiger partial charge in [0, 0.05) is 18.9 Å². The van der Waals surface area contributed by atoms with E-state index in [1.165, 1.54) is 12.0 Å². The Kier molecular flexibility index (Phi) is 1.61. The Morgan fingerprint density at radius 3 is 2.69 bits per heavy atom. The third-order valence-electron chi connectivity index (χ3n) is 2.54. The zero-order chi connectivity index (χ0) is 9.59. The summed E-state index contributed by atoms with van der Waals surface area (Å²) in [6, 6.07) is -1.01. The first kappa shape index (κ1) is 8.22. The Labute approximate surface area is 74.6 Å². The lowest BCUT2D eigenvalue weighted by atomic mass is 10.0. The second-order valence-corrected chi connectivity index (χ2v) is 3.26. The Hall–Kier alpha value is -1.39. The molecule has 5 nitrogen and oxygen atoms in total. The van der Waals surface area contributed by atoms with E-state index in [1.54, 1.807) is 0 Å². The maximum atomic E-state index is 11.3. The summed E-state index contributed by atoms with van der Waals surface area (Å²) in [5, 5.41) is 0. The van der Waals surface area contributed by atoms with Crippen molar-refractivity contribution >= 4 is 17.7 Å². The summed E-state index contributed by atoms with van der Waals surface area (Å²) in [5.74, 6) is -0.963. The molecule has 0 spiro atoms. The molecule has 0 aromatic heterocycles. The van der Waals surface area contributed by atoms with Gasteiger partial charge < -0.3 is 9.64 Å². The number of ketones is 1. The fourth-order valence-corrected chi connectivity index (χ4v) is 1.88. The van der Waals surface area contributed by atoms with Gasteiger partial charge in [-0.15, -0.1) is 0 Å². The molecule has 0 aromatic rings. The van der Waals surface area contributed by atoms with Crippen molar-refractivity contribution in [3.63, 3.8) is 0 Å². The van der Waals surface area contributed by atoms with E-state index in [0.29, 0.717) is 12.8 Å². The van der Waals surface area contributed by atoms with Crippen molar-refractivity contribution in [2.45, 2.75) is 24.9 Å². The quantitative estimate of drug-likeness (QED) is 0.300. The number of carbonyl (C=O) groups excluding carboxylic acids is 3. The minimum Gasteiger partial charge on any atom is -0.467 e. The number of Topliss-reactive ketones (excluding diaryl/α,β-unsaturated/α-hetero) is 1. The molecule has 0 bridgehead atoms. The largest absolute Gasteiger partial charge is 0.467 e. The third-order valence-corrected chi connectivity index (χ3v) is 2.54. The van der Waals surface area contributed by atoms with Gasteiger partial charge in [0.05, 0.1) is 7.11 Å². The van der Waals surface area contributed by atoms with Crippen LogP contribution in [0.1, 0.15) is 12.8 Å². The second-order valence-electron chi connectivity index (χ2n) is 3.26. The van der Waals surface area contributed by atoms with Crippen molar-refractivity contribution in [1.29, 1.82) is 0 Å². The highest BCUT2D eigenvalue weighted by atomic mass is 16.5. The molecular weight excluding hydrogens is 174 g/mol. The summed E-state index contributed by atoms with van der Waals surface area (Å²) in [7, 11) is 1.22. The van der Waals surface area contributed by atoms with Gasteiger partial charge in [-0.2, -0.15) is 0 Å². The van der Waals surface area contributed by atoms with Gasteiger partial charge >= 0.3 is 5.97 Å².